The van der Waals surface area contributed by atoms with Crippen LogP contribution in [0, 0.1) is 0 Å². The van der Waals surface area contributed by atoms with Crippen LogP contribution < -0.4 is 15.4 Å². The Balaban J connectivity index is 1.46. The molecule has 0 bridgehead atoms. The summed E-state index contributed by atoms with van der Waals surface area (Å²) in [6, 6.07) is 8.39. The van der Waals surface area contributed by atoms with E-state index in [2.05, 4.69) is 22.8 Å². The van der Waals surface area contributed by atoms with E-state index in [1.807, 2.05) is 19.2 Å². The van der Waals surface area contributed by atoms with Crippen molar-refractivity contribution in [2.75, 3.05) is 53.2 Å². The molecule has 1 unspecified atom stereocenters. The minimum absolute atomic E-state index is 0.0502. The molecule has 1 aromatic carbocycles. The second kappa shape index (κ2) is 11.8. The van der Waals surface area contributed by atoms with Crippen molar-refractivity contribution in [3.63, 3.8) is 0 Å². The minimum atomic E-state index is -0.232. The summed E-state index contributed by atoms with van der Waals surface area (Å²) < 4.78 is 23.1. The van der Waals surface area contributed by atoms with Crippen LogP contribution in [0.2, 0.25) is 0 Å². The molecule has 7 heteroatoms. The highest BCUT2D eigenvalue weighted by Gasteiger charge is 2.37. The zero-order valence-corrected chi connectivity index (χ0v) is 17.5. The molecule has 2 fully saturated rings. The van der Waals surface area contributed by atoms with Gasteiger partial charge in [-0.15, -0.1) is 0 Å². The lowest BCUT2D eigenvalue weighted by Crippen LogP contribution is -2.40. The number of hydrogen-bond donors (Lipinski definition) is 3. The standard InChI is InChI=1S/C22H36N2O5/c1-23-20(16-22(29-13-11-25)9-10-24-17-22)18-5-7-19(8-6-18)26-14-15-28-21-4-2-3-12-27-21/h5-8,20-21,23-25H,2-4,9-17H2,1H3/t20-,21?,22-/m0/s1. The lowest BCUT2D eigenvalue weighted by Gasteiger charge is -2.32. The van der Waals surface area contributed by atoms with Crippen LogP contribution in [-0.2, 0) is 14.2 Å². The molecule has 3 atom stereocenters. The lowest BCUT2D eigenvalue weighted by atomic mass is 9.90. The number of ether oxygens (including phenoxy) is 4. The SMILES string of the molecule is CN[C@@H](C[C@@]1(OCCO)CCNC1)c1ccc(OCCOC2CCCCO2)cc1. The van der Waals surface area contributed by atoms with Crippen LogP contribution in [-0.4, -0.2) is 70.2 Å². The van der Waals surface area contributed by atoms with Crippen molar-refractivity contribution in [1.82, 2.24) is 10.6 Å². The molecule has 0 aliphatic carbocycles. The largest absolute Gasteiger partial charge is 0.491 e. The van der Waals surface area contributed by atoms with Crippen molar-refractivity contribution in [2.45, 2.75) is 50.0 Å². The Hall–Kier alpha value is -1.22. The maximum Gasteiger partial charge on any atom is 0.157 e. The van der Waals surface area contributed by atoms with Gasteiger partial charge in [0.15, 0.2) is 6.29 Å². The molecular formula is C22H36N2O5. The average Bonchev–Trinajstić information content (AvgIpc) is 3.24. The van der Waals surface area contributed by atoms with Gasteiger partial charge < -0.3 is 34.7 Å². The van der Waals surface area contributed by atoms with E-state index in [1.165, 1.54) is 12.0 Å². The van der Waals surface area contributed by atoms with E-state index in [0.717, 1.165) is 51.1 Å². The van der Waals surface area contributed by atoms with Crippen LogP contribution in [0.5, 0.6) is 5.75 Å². The van der Waals surface area contributed by atoms with Crippen molar-refractivity contribution in [2.24, 2.45) is 0 Å². The third-order valence-corrected chi connectivity index (χ3v) is 5.70. The van der Waals surface area contributed by atoms with Gasteiger partial charge in [-0.3, -0.25) is 0 Å². The Bertz CT molecular complexity index is 571. The summed E-state index contributed by atoms with van der Waals surface area (Å²) in [7, 11) is 1.97. The van der Waals surface area contributed by atoms with E-state index in [-0.39, 0.29) is 24.5 Å². The molecule has 3 rings (SSSR count). The predicted octanol–water partition coefficient (Wildman–Crippen LogP) is 2.00. The molecule has 0 radical (unpaired) electrons. The molecule has 0 amide bonds. The van der Waals surface area contributed by atoms with E-state index in [9.17, 15) is 0 Å². The second-order valence-electron chi connectivity index (χ2n) is 7.81. The predicted molar refractivity (Wildman–Crippen MR) is 111 cm³/mol. The van der Waals surface area contributed by atoms with Gasteiger partial charge in [0.1, 0.15) is 12.4 Å². The molecule has 2 saturated heterocycles. The van der Waals surface area contributed by atoms with Gasteiger partial charge in [0.05, 0.1) is 25.4 Å². The van der Waals surface area contributed by atoms with E-state index in [4.69, 9.17) is 24.1 Å². The summed E-state index contributed by atoms with van der Waals surface area (Å²) in [6.07, 6.45) is 5.00. The van der Waals surface area contributed by atoms with Crippen LogP contribution in [0.25, 0.3) is 0 Å². The number of hydrogen-bond acceptors (Lipinski definition) is 7. The third kappa shape index (κ3) is 6.91. The fourth-order valence-corrected chi connectivity index (χ4v) is 4.08. The van der Waals surface area contributed by atoms with E-state index >= 15 is 0 Å². The Kier molecular flexibility index (Phi) is 9.17. The highest BCUT2D eigenvalue weighted by atomic mass is 16.7. The van der Waals surface area contributed by atoms with Crippen LogP contribution in [0.3, 0.4) is 0 Å². The molecule has 2 aliphatic heterocycles. The molecule has 0 spiro atoms. The number of nitrogens with one attached hydrogen (secondary N) is 2. The average molecular weight is 409 g/mol. The normalized spacial score (nSPS) is 25.8. The zero-order chi connectivity index (χ0) is 20.4. The van der Waals surface area contributed by atoms with Gasteiger partial charge in [-0.1, -0.05) is 12.1 Å². The maximum atomic E-state index is 9.15. The van der Waals surface area contributed by atoms with Gasteiger partial charge >= 0.3 is 0 Å². The molecule has 0 saturated carbocycles. The second-order valence-corrected chi connectivity index (χ2v) is 7.81. The molecule has 2 heterocycles. The Morgan fingerprint density at radius 1 is 1.24 bits per heavy atom. The summed E-state index contributed by atoms with van der Waals surface area (Å²) in [6.45, 7) is 4.02. The van der Waals surface area contributed by atoms with E-state index in [1.54, 1.807) is 0 Å². The van der Waals surface area contributed by atoms with Gasteiger partial charge in [0.25, 0.3) is 0 Å². The van der Waals surface area contributed by atoms with Crippen molar-refractivity contribution in [1.29, 1.82) is 0 Å². The van der Waals surface area contributed by atoms with Crippen LogP contribution in [0.1, 0.15) is 43.7 Å². The van der Waals surface area contributed by atoms with Gasteiger partial charge in [-0.25, -0.2) is 0 Å². The molecule has 164 valence electrons. The smallest absolute Gasteiger partial charge is 0.157 e. The maximum absolute atomic E-state index is 9.15. The van der Waals surface area contributed by atoms with E-state index < -0.39 is 0 Å². The lowest BCUT2D eigenvalue weighted by molar-refractivity contribution is -0.165. The van der Waals surface area contributed by atoms with E-state index in [0.29, 0.717) is 19.8 Å². The minimum Gasteiger partial charge on any atom is -0.491 e. The highest BCUT2D eigenvalue weighted by molar-refractivity contribution is 5.29. The van der Waals surface area contributed by atoms with Gasteiger partial charge in [-0.2, -0.15) is 0 Å². The molecule has 1 aromatic rings. The molecule has 0 aromatic heterocycles. The first-order valence-corrected chi connectivity index (χ1v) is 10.8. The van der Waals surface area contributed by atoms with Gasteiger partial charge in [0.2, 0.25) is 0 Å². The Morgan fingerprint density at radius 3 is 2.76 bits per heavy atom. The first-order valence-electron chi connectivity index (χ1n) is 10.8. The monoisotopic (exact) mass is 408 g/mol. The Morgan fingerprint density at radius 2 is 2.10 bits per heavy atom. The molecular weight excluding hydrogens is 372 g/mol. The number of rotatable bonds is 12. The molecule has 29 heavy (non-hydrogen) atoms. The summed E-state index contributed by atoms with van der Waals surface area (Å²) in [4.78, 5) is 0. The third-order valence-electron chi connectivity index (χ3n) is 5.70. The van der Waals surface area contributed by atoms with Crippen molar-refractivity contribution < 1.29 is 24.1 Å². The fraction of sp³-hybridized carbons (Fsp3) is 0.727. The number of aliphatic hydroxyl groups excluding tert-OH is 1. The first-order chi connectivity index (χ1) is 14.2. The first kappa shape index (κ1) is 22.5. The molecule has 3 N–H and O–H groups in total. The topological polar surface area (TPSA) is 81.2 Å². The number of aliphatic hydroxyl groups is 1. The summed E-state index contributed by atoms with van der Waals surface area (Å²) in [5.74, 6) is 0.838. The molecule has 7 nitrogen and oxygen atoms in total. The summed E-state index contributed by atoms with van der Waals surface area (Å²) >= 11 is 0. The van der Waals surface area contributed by atoms with Gasteiger partial charge in [-0.05, 0) is 63.4 Å². The Labute approximate surface area is 174 Å². The highest BCUT2D eigenvalue weighted by Crippen LogP contribution is 2.32. The van der Waals surface area contributed by atoms with Crippen molar-refractivity contribution >= 4 is 0 Å². The zero-order valence-electron chi connectivity index (χ0n) is 17.5. The summed E-state index contributed by atoms with van der Waals surface area (Å²) in [5.41, 5.74) is 0.968. The molecule has 2 aliphatic rings. The van der Waals surface area contributed by atoms with Gasteiger partial charge in [0, 0.05) is 19.2 Å². The summed E-state index contributed by atoms with van der Waals surface area (Å²) in [5, 5.41) is 16.0. The number of benzene rings is 1. The fourth-order valence-electron chi connectivity index (χ4n) is 4.08. The van der Waals surface area contributed by atoms with Crippen LogP contribution in [0.15, 0.2) is 24.3 Å². The van der Waals surface area contributed by atoms with Crippen molar-refractivity contribution in [3.05, 3.63) is 29.8 Å². The van der Waals surface area contributed by atoms with Crippen molar-refractivity contribution in [3.8, 4) is 5.75 Å². The van der Waals surface area contributed by atoms with Crippen LogP contribution in [0.4, 0.5) is 0 Å². The van der Waals surface area contributed by atoms with Crippen LogP contribution >= 0.6 is 0 Å². The quantitative estimate of drug-likeness (QED) is 0.457.